The lowest BCUT2D eigenvalue weighted by Gasteiger charge is -2.20. The van der Waals surface area contributed by atoms with Crippen LogP contribution < -0.4 is 0 Å². The van der Waals surface area contributed by atoms with E-state index in [-0.39, 0.29) is 5.91 Å². The van der Waals surface area contributed by atoms with Crippen molar-refractivity contribution in [3.8, 4) is 0 Å². The Labute approximate surface area is 143 Å². The Morgan fingerprint density at radius 2 is 1.39 bits per heavy atom. The van der Waals surface area contributed by atoms with Crippen LogP contribution in [-0.2, 0) is 14.3 Å². The minimum atomic E-state index is 0.217. The van der Waals surface area contributed by atoms with Gasteiger partial charge in [-0.2, -0.15) is 0 Å². The summed E-state index contributed by atoms with van der Waals surface area (Å²) in [6.45, 7) is 13.1. The molecule has 138 valence electrons. The maximum atomic E-state index is 11.8. The van der Waals surface area contributed by atoms with Gasteiger partial charge >= 0.3 is 0 Å². The quantitative estimate of drug-likeness (QED) is 0.459. The maximum Gasteiger partial charge on any atom is 0.222 e. The van der Waals surface area contributed by atoms with Gasteiger partial charge < -0.3 is 19.3 Å². The molecule has 5 heteroatoms. The van der Waals surface area contributed by atoms with Crippen molar-refractivity contribution in [1.82, 2.24) is 9.80 Å². The van der Waals surface area contributed by atoms with Crippen molar-refractivity contribution in [1.29, 1.82) is 0 Å². The third-order valence-corrected chi connectivity index (χ3v) is 3.84. The highest BCUT2D eigenvalue weighted by Crippen LogP contribution is 2.03. The van der Waals surface area contributed by atoms with Gasteiger partial charge in [-0.1, -0.05) is 13.8 Å². The lowest BCUT2D eigenvalue weighted by Crippen LogP contribution is -2.29. The average molecular weight is 331 g/mol. The summed E-state index contributed by atoms with van der Waals surface area (Å²) in [7, 11) is 4.00. The Kier molecular flexibility index (Phi) is 13.4. The number of amides is 1. The van der Waals surface area contributed by atoms with Crippen LogP contribution in [0.5, 0.6) is 0 Å². The average Bonchev–Trinajstić information content (AvgIpc) is 2.47. The van der Waals surface area contributed by atoms with E-state index in [9.17, 15) is 4.79 Å². The highest BCUT2D eigenvalue weighted by molar-refractivity contribution is 5.75. The van der Waals surface area contributed by atoms with Crippen molar-refractivity contribution in [3.05, 3.63) is 0 Å². The van der Waals surface area contributed by atoms with Crippen LogP contribution in [0.3, 0.4) is 0 Å². The zero-order valence-corrected chi connectivity index (χ0v) is 16.1. The molecule has 0 aliphatic carbocycles. The second-order valence-electron chi connectivity index (χ2n) is 6.92. The molecule has 0 radical (unpaired) electrons. The van der Waals surface area contributed by atoms with E-state index < -0.39 is 0 Å². The zero-order valence-electron chi connectivity index (χ0n) is 16.1. The summed E-state index contributed by atoms with van der Waals surface area (Å²) in [5.74, 6) is 0.633. The van der Waals surface area contributed by atoms with E-state index >= 15 is 0 Å². The molecule has 0 aromatic carbocycles. The molecule has 0 unspecified atom stereocenters. The van der Waals surface area contributed by atoms with Crippen molar-refractivity contribution in [3.63, 3.8) is 0 Å². The van der Waals surface area contributed by atoms with Gasteiger partial charge in [0.25, 0.3) is 0 Å². The summed E-state index contributed by atoms with van der Waals surface area (Å²) in [5.41, 5.74) is 0. The molecule has 0 atom stereocenters. The molecular formula is C18H38N2O3. The van der Waals surface area contributed by atoms with Gasteiger partial charge in [0.15, 0.2) is 0 Å². The van der Waals surface area contributed by atoms with E-state index in [1.54, 1.807) is 4.90 Å². The van der Waals surface area contributed by atoms with Crippen LogP contribution >= 0.6 is 0 Å². The lowest BCUT2D eigenvalue weighted by atomic mass is 10.1. The molecule has 0 aromatic rings. The summed E-state index contributed by atoms with van der Waals surface area (Å²) >= 11 is 0. The van der Waals surface area contributed by atoms with Crippen molar-refractivity contribution in [2.24, 2.45) is 5.92 Å². The fourth-order valence-corrected chi connectivity index (χ4v) is 2.03. The number of nitrogens with zero attached hydrogens (tertiary/aromatic N) is 2. The molecule has 0 spiro atoms. The first kappa shape index (κ1) is 22.4. The zero-order chi connectivity index (χ0) is 17.7. The number of hydrogen-bond acceptors (Lipinski definition) is 4. The van der Waals surface area contributed by atoms with Crippen molar-refractivity contribution >= 4 is 5.91 Å². The topological polar surface area (TPSA) is 42.0 Å². The Balaban J connectivity index is 3.35. The molecule has 0 heterocycles. The number of ether oxygens (including phenoxy) is 2. The first-order valence-corrected chi connectivity index (χ1v) is 8.94. The van der Waals surface area contributed by atoms with E-state index in [2.05, 4.69) is 39.6 Å². The third-order valence-electron chi connectivity index (χ3n) is 3.84. The summed E-state index contributed by atoms with van der Waals surface area (Å²) in [5, 5.41) is 0. The van der Waals surface area contributed by atoms with Crippen LogP contribution in [0.15, 0.2) is 0 Å². The standard InChI is InChI=1S/C18H38N2O3/c1-16(2)15-18(21)20(6)10-8-12-23-14-13-22-11-7-9-19(5)17(3)4/h16-17H,7-15H2,1-6H3. The molecule has 0 aliphatic rings. The minimum Gasteiger partial charge on any atom is -0.379 e. The van der Waals surface area contributed by atoms with E-state index in [0.717, 1.165) is 32.5 Å². The van der Waals surface area contributed by atoms with Gasteiger partial charge in [-0.15, -0.1) is 0 Å². The number of carbonyl (C=O) groups excluding carboxylic acids is 1. The molecule has 0 aromatic heterocycles. The van der Waals surface area contributed by atoms with Gasteiger partial charge in [0.2, 0.25) is 5.91 Å². The van der Waals surface area contributed by atoms with E-state index in [0.29, 0.717) is 38.2 Å². The SMILES string of the molecule is CC(C)CC(=O)N(C)CCCOCCOCCCN(C)C(C)C. The van der Waals surface area contributed by atoms with Crippen LogP contribution in [0, 0.1) is 5.92 Å². The molecular weight excluding hydrogens is 292 g/mol. The molecule has 0 saturated heterocycles. The largest absolute Gasteiger partial charge is 0.379 e. The van der Waals surface area contributed by atoms with Gasteiger partial charge in [0.1, 0.15) is 0 Å². The molecule has 0 aliphatic heterocycles. The number of carbonyl (C=O) groups is 1. The molecule has 1 amide bonds. The molecule has 23 heavy (non-hydrogen) atoms. The van der Waals surface area contributed by atoms with Crippen LogP contribution in [0.2, 0.25) is 0 Å². The van der Waals surface area contributed by atoms with Crippen molar-refractivity contribution in [2.75, 3.05) is 53.6 Å². The normalized spacial score (nSPS) is 11.7. The Bertz CT molecular complexity index is 296. The van der Waals surface area contributed by atoms with Crippen LogP contribution in [0.1, 0.15) is 47.0 Å². The smallest absolute Gasteiger partial charge is 0.222 e. The van der Waals surface area contributed by atoms with Gasteiger partial charge in [0, 0.05) is 45.8 Å². The summed E-state index contributed by atoms with van der Waals surface area (Å²) in [4.78, 5) is 15.9. The van der Waals surface area contributed by atoms with Crippen LogP contribution in [0.25, 0.3) is 0 Å². The molecule has 0 bridgehead atoms. The Morgan fingerprint density at radius 3 is 1.87 bits per heavy atom. The van der Waals surface area contributed by atoms with Gasteiger partial charge in [-0.05, 0) is 39.7 Å². The first-order valence-electron chi connectivity index (χ1n) is 8.94. The predicted octanol–water partition coefficient (Wildman–Crippen LogP) is 2.64. The highest BCUT2D eigenvalue weighted by Gasteiger charge is 2.09. The second-order valence-corrected chi connectivity index (χ2v) is 6.92. The molecule has 0 fully saturated rings. The second kappa shape index (κ2) is 13.8. The van der Waals surface area contributed by atoms with E-state index in [4.69, 9.17) is 9.47 Å². The third kappa shape index (κ3) is 13.5. The Morgan fingerprint density at radius 1 is 0.870 bits per heavy atom. The van der Waals surface area contributed by atoms with E-state index in [1.165, 1.54) is 0 Å². The van der Waals surface area contributed by atoms with Gasteiger partial charge in [-0.25, -0.2) is 0 Å². The summed E-state index contributed by atoms with van der Waals surface area (Å²) < 4.78 is 11.1. The molecule has 0 rings (SSSR count). The van der Waals surface area contributed by atoms with Gasteiger partial charge in [0.05, 0.1) is 13.2 Å². The highest BCUT2D eigenvalue weighted by atomic mass is 16.5. The fraction of sp³-hybridized carbons (Fsp3) is 0.944. The first-order chi connectivity index (χ1) is 10.8. The fourth-order valence-electron chi connectivity index (χ4n) is 2.03. The van der Waals surface area contributed by atoms with E-state index in [1.807, 2.05) is 7.05 Å². The monoisotopic (exact) mass is 330 g/mol. The Hall–Kier alpha value is -0.650. The summed E-state index contributed by atoms with van der Waals surface area (Å²) in [6, 6.07) is 0.587. The molecule has 5 nitrogen and oxygen atoms in total. The van der Waals surface area contributed by atoms with Gasteiger partial charge in [-0.3, -0.25) is 4.79 Å². The number of hydrogen-bond donors (Lipinski definition) is 0. The molecule has 0 saturated carbocycles. The van der Waals surface area contributed by atoms with Crippen molar-refractivity contribution < 1.29 is 14.3 Å². The number of rotatable bonds is 14. The predicted molar refractivity (Wildman–Crippen MR) is 95.7 cm³/mol. The summed E-state index contributed by atoms with van der Waals surface area (Å²) in [6.07, 6.45) is 2.55. The van der Waals surface area contributed by atoms with Crippen LogP contribution in [-0.4, -0.2) is 75.4 Å². The van der Waals surface area contributed by atoms with Crippen LogP contribution in [0.4, 0.5) is 0 Å². The minimum absolute atomic E-state index is 0.217. The maximum absolute atomic E-state index is 11.8. The lowest BCUT2D eigenvalue weighted by molar-refractivity contribution is -0.130. The molecule has 0 N–H and O–H groups in total. The van der Waals surface area contributed by atoms with Crippen molar-refractivity contribution in [2.45, 2.75) is 53.0 Å².